The van der Waals surface area contributed by atoms with E-state index in [1.165, 1.54) is 17.7 Å². The van der Waals surface area contributed by atoms with E-state index in [4.69, 9.17) is 9.47 Å². The second kappa shape index (κ2) is 9.93. The number of nitrogens with one attached hydrogen (secondary N) is 1. The van der Waals surface area contributed by atoms with Gasteiger partial charge in [0.2, 0.25) is 0 Å². The van der Waals surface area contributed by atoms with Crippen LogP contribution in [0.15, 0.2) is 71.9 Å². The van der Waals surface area contributed by atoms with Crippen LogP contribution in [0.5, 0.6) is 11.5 Å². The zero-order chi connectivity index (χ0) is 24.3. The molecule has 1 fully saturated rings. The van der Waals surface area contributed by atoms with Crippen LogP contribution in [0.3, 0.4) is 0 Å². The van der Waals surface area contributed by atoms with Crippen molar-refractivity contribution in [2.75, 3.05) is 44.1 Å². The van der Waals surface area contributed by atoms with E-state index < -0.39 is 10.0 Å². The number of benzene rings is 2. The Labute approximate surface area is 204 Å². The normalized spacial score (nSPS) is 16.1. The number of sulfonamides is 1. The number of fused-ring (bicyclic) bond motifs is 1. The Morgan fingerprint density at radius 2 is 1.57 bits per heavy atom. The third-order valence-corrected chi connectivity index (χ3v) is 7.40. The number of pyridine rings is 1. The maximum Gasteiger partial charge on any atom is 0.262 e. The zero-order valence-electron chi connectivity index (χ0n) is 19.1. The molecule has 0 bridgehead atoms. The molecule has 35 heavy (non-hydrogen) atoms. The number of rotatable bonds is 6. The van der Waals surface area contributed by atoms with Crippen LogP contribution in [0.25, 0.3) is 0 Å². The molecule has 182 valence electrons. The first kappa shape index (κ1) is 23.1. The average molecular weight is 495 g/mol. The second-order valence-electron chi connectivity index (χ2n) is 8.41. The van der Waals surface area contributed by atoms with Gasteiger partial charge in [0.15, 0.2) is 11.5 Å². The molecular weight excluding hydrogens is 468 g/mol. The summed E-state index contributed by atoms with van der Waals surface area (Å²) in [6.45, 7) is 4.51. The molecular formula is C25H26N4O5S. The standard InChI is InChI=1S/C25H26N4O5S/c30-25(29-13-11-28(12-14-29)18-19-7-9-26-10-8-19)20-1-3-21(4-2-20)27-35(31,32)22-5-6-23-24(17-22)34-16-15-33-23/h1-10,17,27H,11-16,18H2. The zero-order valence-corrected chi connectivity index (χ0v) is 19.9. The molecule has 0 atom stereocenters. The van der Waals surface area contributed by atoms with Gasteiger partial charge in [-0.05, 0) is 54.1 Å². The lowest BCUT2D eigenvalue weighted by molar-refractivity contribution is 0.0628. The average Bonchev–Trinajstić information content (AvgIpc) is 2.89. The number of hydrogen-bond acceptors (Lipinski definition) is 7. The van der Waals surface area contributed by atoms with Gasteiger partial charge in [-0.15, -0.1) is 0 Å². The number of hydrogen-bond donors (Lipinski definition) is 1. The number of anilines is 1. The van der Waals surface area contributed by atoms with Crippen molar-refractivity contribution in [3.63, 3.8) is 0 Å². The fraction of sp³-hybridized carbons (Fsp3) is 0.280. The minimum absolute atomic E-state index is 0.0604. The molecule has 10 heteroatoms. The molecule has 0 unspecified atom stereocenters. The Hall–Kier alpha value is -3.63. The van der Waals surface area contributed by atoms with Crippen LogP contribution in [0.4, 0.5) is 5.69 Å². The van der Waals surface area contributed by atoms with Crippen LogP contribution in [-0.4, -0.2) is 68.5 Å². The van der Waals surface area contributed by atoms with E-state index in [9.17, 15) is 13.2 Å². The summed E-state index contributed by atoms with van der Waals surface area (Å²) >= 11 is 0. The van der Waals surface area contributed by atoms with Gasteiger partial charge in [-0.25, -0.2) is 8.42 Å². The molecule has 2 aromatic carbocycles. The Balaban J connectivity index is 1.18. The van der Waals surface area contributed by atoms with Crippen molar-refractivity contribution in [2.45, 2.75) is 11.4 Å². The van der Waals surface area contributed by atoms with Crippen molar-refractivity contribution >= 4 is 21.6 Å². The Morgan fingerprint density at radius 1 is 0.886 bits per heavy atom. The maximum absolute atomic E-state index is 13.0. The number of carbonyl (C=O) groups is 1. The number of ether oxygens (including phenoxy) is 2. The van der Waals surface area contributed by atoms with Crippen LogP contribution in [0, 0.1) is 0 Å². The fourth-order valence-corrected chi connectivity index (χ4v) is 5.20. The summed E-state index contributed by atoms with van der Waals surface area (Å²) in [7, 11) is -3.82. The monoisotopic (exact) mass is 494 g/mol. The molecule has 0 aliphatic carbocycles. The van der Waals surface area contributed by atoms with Gasteiger partial charge in [-0.2, -0.15) is 0 Å². The fourth-order valence-electron chi connectivity index (χ4n) is 4.12. The summed E-state index contributed by atoms with van der Waals surface area (Å²) in [5.74, 6) is 0.868. The molecule has 0 saturated carbocycles. The molecule has 0 radical (unpaired) electrons. The minimum atomic E-state index is -3.82. The molecule has 2 aliphatic rings. The van der Waals surface area contributed by atoms with Crippen LogP contribution >= 0.6 is 0 Å². The van der Waals surface area contributed by atoms with Crippen LogP contribution in [0.2, 0.25) is 0 Å². The maximum atomic E-state index is 13.0. The lowest BCUT2D eigenvalue weighted by Gasteiger charge is -2.34. The summed E-state index contributed by atoms with van der Waals surface area (Å²) in [4.78, 5) is 21.2. The molecule has 1 saturated heterocycles. The summed E-state index contributed by atoms with van der Waals surface area (Å²) < 4.78 is 39.1. The van der Waals surface area contributed by atoms with E-state index in [-0.39, 0.29) is 10.8 Å². The van der Waals surface area contributed by atoms with Gasteiger partial charge in [0.05, 0.1) is 4.90 Å². The molecule has 3 heterocycles. The molecule has 1 aromatic heterocycles. The van der Waals surface area contributed by atoms with E-state index in [1.54, 1.807) is 42.7 Å². The number of aromatic nitrogens is 1. The van der Waals surface area contributed by atoms with Crippen LogP contribution in [0.1, 0.15) is 15.9 Å². The van der Waals surface area contributed by atoms with Crippen LogP contribution in [-0.2, 0) is 16.6 Å². The molecule has 3 aromatic rings. The first-order chi connectivity index (χ1) is 17.0. The third-order valence-electron chi connectivity index (χ3n) is 6.02. The topological polar surface area (TPSA) is 101 Å². The third kappa shape index (κ3) is 5.39. The van der Waals surface area contributed by atoms with Gasteiger partial charge in [-0.1, -0.05) is 0 Å². The van der Waals surface area contributed by atoms with Gasteiger partial charge in [-0.3, -0.25) is 19.4 Å². The molecule has 1 amide bonds. The highest BCUT2D eigenvalue weighted by Crippen LogP contribution is 2.32. The lowest BCUT2D eigenvalue weighted by Crippen LogP contribution is -2.48. The second-order valence-corrected chi connectivity index (χ2v) is 10.1. The predicted molar refractivity (Wildman–Crippen MR) is 130 cm³/mol. The van der Waals surface area contributed by atoms with Crippen molar-refractivity contribution in [1.29, 1.82) is 0 Å². The van der Waals surface area contributed by atoms with Gasteiger partial charge < -0.3 is 14.4 Å². The lowest BCUT2D eigenvalue weighted by atomic mass is 10.1. The van der Waals surface area contributed by atoms with Gasteiger partial charge in [0.25, 0.3) is 15.9 Å². The largest absolute Gasteiger partial charge is 0.486 e. The number of amides is 1. The quantitative estimate of drug-likeness (QED) is 0.562. The summed E-state index contributed by atoms with van der Waals surface area (Å²) in [5, 5.41) is 0. The SMILES string of the molecule is O=C(c1ccc(NS(=O)(=O)c2ccc3c(c2)OCCO3)cc1)N1CCN(Cc2ccncc2)CC1. The first-order valence-corrected chi connectivity index (χ1v) is 12.9. The van der Waals surface area contributed by atoms with Crippen LogP contribution < -0.4 is 14.2 Å². The highest BCUT2D eigenvalue weighted by Gasteiger charge is 2.23. The Bertz CT molecular complexity index is 1290. The van der Waals surface area contributed by atoms with Crippen molar-refractivity contribution in [2.24, 2.45) is 0 Å². The molecule has 0 spiro atoms. The molecule has 2 aliphatic heterocycles. The van der Waals surface area contributed by atoms with E-state index in [2.05, 4.69) is 14.6 Å². The van der Waals surface area contributed by atoms with Gasteiger partial charge in [0.1, 0.15) is 13.2 Å². The van der Waals surface area contributed by atoms with E-state index in [0.717, 1.165) is 19.6 Å². The number of nitrogens with zero attached hydrogens (tertiary/aromatic N) is 3. The number of piperazine rings is 1. The van der Waals surface area contributed by atoms with Crippen molar-refractivity contribution < 1.29 is 22.7 Å². The summed E-state index contributed by atoms with van der Waals surface area (Å²) in [6.07, 6.45) is 3.57. The minimum Gasteiger partial charge on any atom is -0.486 e. The van der Waals surface area contributed by atoms with Crippen molar-refractivity contribution in [1.82, 2.24) is 14.8 Å². The Morgan fingerprint density at radius 3 is 2.29 bits per heavy atom. The summed E-state index contributed by atoms with van der Waals surface area (Å²) in [5.41, 5.74) is 2.10. The van der Waals surface area contributed by atoms with Gasteiger partial charge in [0, 0.05) is 62.4 Å². The smallest absolute Gasteiger partial charge is 0.262 e. The Kier molecular flexibility index (Phi) is 6.56. The molecule has 5 rings (SSSR count). The first-order valence-electron chi connectivity index (χ1n) is 11.4. The van der Waals surface area contributed by atoms with E-state index >= 15 is 0 Å². The summed E-state index contributed by atoms with van der Waals surface area (Å²) in [6, 6.07) is 15.0. The highest BCUT2D eigenvalue weighted by molar-refractivity contribution is 7.92. The molecule has 1 N–H and O–H groups in total. The molecule has 9 nitrogen and oxygen atoms in total. The van der Waals surface area contributed by atoms with Gasteiger partial charge >= 0.3 is 0 Å². The predicted octanol–water partition coefficient (Wildman–Crippen LogP) is 2.61. The van der Waals surface area contributed by atoms with Crippen molar-refractivity contribution in [3.8, 4) is 11.5 Å². The number of carbonyl (C=O) groups excluding carboxylic acids is 1. The highest BCUT2D eigenvalue weighted by atomic mass is 32.2. The van der Waals surface area contributed by atoms with E-state index in [0.29, 0.717) is 49.1 Å². The van der Waals surface area contributed by atoms with E-state index in [1.807, 2.05) is 17.0 Å². The van der Waals surface area contributed by atoms with Crippen molar-refractivity contribution in [3.05, 3.63) is 78.1 Å².